The first kappa shape index (κ1) is 26.4. The molecule has 4 rings (SSSR count). The topological polar surface area (TPSA) is 138 Å². The number of carbonyl (C=O) groups is 2. The largest absolute Gasteiger partial charge is 0.493 e. The SMILES string of the molecule is CCOCC(=O)N(C1CCCC1)C1C=C(C(=O)NCCO)C2c3cc(CO)cc(OC)c3OC2C1O. The molecule has 4 N–H and O–H groups in total. The second-order valence-corrected chi connectivity index (χ2v) is 9.39. The van der Waals surface area contributed by atoms with Crippen LogP contribution in [0.2, 0.25) is 0 Å². The van der Waals surface area contributed by atoms with Gasteiger partial charge >= 0.3 is 0 Å². The van der Waals surface area contributed by atoms with Gasteiger partial charge in [0.2, 0.25) is 11.8 Å². The van der Waals surface area contributed by atoms with Crippen LogP contribution in [0, 0.1) is 0 Å². The molecule has 36 heavy (non-hydrogen) atoms. The number of fused-ring (bicyclic) bond motifs is 3. The summed E-state index contributed by atoms with van der Waals surface area (Å²) in [5.74, 6) is -0.501. The second kappa shape index (κ2) is 11.6. The number of hydrogen-bond acceptors (Lipinski definition) is 8. The summed E-state index contributed by atoms with van der Waals surface area (Å²) in [6.45, 7) is 1.69. The lowest BCUT2D eigenvalue weighted by molar-refractivity contribution is -0.145. The number of methoxy groups -OCH3 is 1. The van der Waals surface area contributed by atoms with Crippen molar-refractivity contribution in [2.45, 2.75) is 69.4 Å². The molecule has 1 fully saturated rings. The molecule has 4 unspecified atom stereocenters. The minimum absolute atomic E-state index is 0.0596. The maximum absolute atomic E-state index is 13.3. The minimum Gasteiger partial charge on any atom is -0.493 e. The van der Waals surface area contributed by atoms with Crippen molar-refractivity contribution in [3.8, 4) is 11.5 Å². The number of amides is 2. The van der Waals surface area contributed by atoms with E-state index in [1.807, 2.05) is 6.92 Å². The number of carbonyl (C=O) groups excluding carboxylic acids is 2. The fraction of sp³-hybridized carbons (Fsp3) is 0.615. The molecule has 3 aliphatic rings. The van der Waals surface area contributed by atoms with E-state index >= 15 is 0 Å². The Hall–Kier alpha value is -2.66. The van der Waals surface area contributed by atoms with Gasteiger partial charge in [0.25, 0.3) is 0 Å². The normalized spacial score (nSPS) is 25.0. The standard InChI is InChI=1S/C26H36N2O8/c1-3-35-14-21(31)28(16-6-4-5-7-16)19-12-18(26(33)27-8-9-29)22-17-10-15(13-30)11-20(34-2)24(17)36-25(22)23(19)32/h10-12,16,19,22-23,25,29-30,32H,3-9,13-14H2,1-2H3,(H,27,33). The van der Waals surface area contributed by atoms with E-state index in [1.165, 1.54) is 7.11 Å². The number of benzene rings is 1. The van der Waals surface area contributed by atoms with Gasteiger partial charge in [0.05, 0.1) is 32.3 Å². The third kappa shape index (κ3) is 4.95. The first-order valence-corrected chi connectivity index (χ1v) is 12.6. The molecule has 1 saturated carbocycles. The molecule has 0 bridgehead atoms. The summed E-state index contributed by atoms with van der Waals surface area (Å²) >= 11 is 0. The molecular formula is C26H36N2O8. The minimum atomic E-state index is -1.12. The van der Waals surface area contributed by atoms with Crippen LogP contribution >= 0.6 is 0 Å². The molecule has 10 heteroatoms. The van der Waals surface area contributed by atoms with Gasteiger partial charge in [-0.05, 0) is 43.5 Å². The number of nitrogens with one attached hydrogen (secondary N) is 1. The fourth-order valence-electron chi connectivity index (χ4n) is 5.65. The Labute approximate surface area is 210 Å². The van der Waals surface area contributed by atoms with Gasteiger partial charge in [-0.2, -0.15) is 0 Å². The Balaban J connectivity index is 1.79. The third-order valence-electron chi connectivity index (χ3n) is 7.25. The number of nitrogens with zero attached hydrogens (tertiary/aromatic N) is 1. The molecule has 2 amide bonds. The zero-order chi connectivity index (χ0) is 25.8. The van der Waals surface area contributed by atoms with Crippen molar-refractivity contribution in [2.75, 3.05) is 33.5 Å². The molecule has 4 atom stereocenters. The average Bonchev–Trinajstić information content (AvgIpc) is 3.55. The first-order valence-electron chi connectivity index (χ1n) is 12.6. The van der Waals surface area contributed by atoms with Gasteiger partial charge in [0, 0.05) is 30.3 Å². The Morgan fingerprint density at radius 2 is 1.97 bits per heavy atom. The van der Waals surface area contributed by atoms with E-state index in [1.54, 1.807) is 23.1 Å². The molecule has 10 nitrogen and oxygen atoms in total. The molecule has 0 spiro atoms. The van der Waals surface area contributed by atoms with Gasteiger partial charge in [-0.3, -0.25) is 9.59 Å². The van der Waals surface area contributed by atoms with Crippen LogP contribution in [0.1, 0.15) is 49.7 Å². The summed E-state index contributed by atoms with van der Waals surface area (Å²) in [5.41, 5.74) is 1.55. The number of rotatable bonds is 10. The van der Waals surface area contributed by atoms with E-state index in [2.05, 4.69) is 5.32 Å². The maximum Gasteiger partial charge on any atom is 0.249 e. The van der Waals surface area contributed by atoms with Gasteiger partial charge in [0.1, 0.15) is 18.8 Å². The van der Waals surface area contributed by atoms with Gasteiger partial charge in [-0.1, -0.05) is 12.8 Å². The lowest BCUT2D eigenvalue weighted by atomic mass is 9.77. The molecule has 0 radical (unpaired) electrons. The highest BCUT2D eigenvalue weighted by Crippen LogP contribution is 2.51. The van der Waals surface area contributed by atoms with Crippen molar-refractivity contribution in [3.63, 3.8) is 0 Å². The van der Waals surface area contributed by atoms with Crippen LogP contribution in [0.4, 0.5) is 0 Å². The Morgan fingerprint density at radius 1 is 1.22 bits per heavy atom. The molecule has 1 aromatic carbocycles. The molecule has 0 aromatic heterocycles. The lowest BCUT2D eigenvalue weighted by Gasteiger charge is -2.43. The quantitative estimate of drug-likeness (QED) is 0.364. The summed E-state index contributed by atoms with van der Waals surface area (Å²) in [6.07, 6.45) is 3.27. The summed E-state index contributed by atoms with van der Waals surface area (Å²) < 4.78 is 17.1. The van der Waals surface area contributed by atoms with E-state index in [0.717, 1.165) is 25.7 Å². The number of hydrogen-bond donors (Lipinski definition) is 4. The first-order chi connectivity index (χ1) is 17.4. The predicted molar refractivity (Wildman–Crippen MR) is 130 cm³/mol. The summed E-state index contributed by atoms with van der Waals surface area (Å²) in [6, 6.07) is 2.53. The molecule has 0 saturated heterocycles. The zero-order valence-electron chi connectivity index (χ0n) is 20.8. The third-order valence-corrected chi connectivity index (χ3v) is 7.25. The van der Waals surface area contributed by atoms with Crippen molar-refractivity contribution < 1.29 is 39.1 Å². The monoisotopic (exact) mass is 504 g/mol. The second-order valence-electron chi connectivity index (χ2n) is 9.39. The van der Waals surface area contributed by atoms with Crippen LogP contribution in [0.15, 0.2) is 23.8 Å². The van der Waals surface area contributed by atoms with Crippen molar-refractivity contribution >= 4 is 11.8 Å². The highest BCUT2D eigenvalue weighted by atomic mass is 16.5. The summed E-state index contributed by atoms with van der Waals surface area (Å²) in [5, 5.41) is 33.4. The highest BCUT2D eigenvalue weighted by molar-refractivity contribution is 5.96. The van der Waals surface area contributed by atoms with Crippen molar-refractivity contribution in [3.05, 3.63) is 34.9 Å². The molecule has 1 heterocycles. The van der Waals surface area contributed by atoms with E-state index < -0.39 is 30.1 Å². The Kier molecular flexibility index (Phi) is 8.50. The van der Waals surface area contributed by atoms with Crippen LogP contribution in [-0.2, 0) is 20.9 Å². The average molecular weight is 505 g/mol. The predicted octanol–water partition coefficient (Wildman–Crippen LogP) is 0.618. The molecule has 1 aliphatic heterocycles. The number of ether oxygens (including phenoxy) is 3. The van der Waals surface area contributed by atoms with E-state index in [9.17, 15) is 24.9 Å². The molecule has 2 aliphatic carbocycles. The zero-order valence-corrected chi connectivity index (χ0v) is 20.8. The molecule has 1 aromatic rings. The fourth-order valence-corrected chi connectivity index (χ4v) is 5.65. The molecular weight excluding hydrogens is 468 g/mol. The van der Waals surface area contributed by atoms with Crippen molar-refractivity contribution in [2.24, 2.45) is 0 Å². The van der Waals surface area contributed by atoms with Gasteiger partial charge in [0.15, 0.2) is 11.5 Å². The maximum atomic E-state index is 13.3. The van der Waals surface area contributed by atoms with Crippen LogP contribution in [-0.4, -0.2) is 89.8 Å². The smallest absolute Gasteiger partial charge is 0.249 e. The number of aliphatic hydroxyl groups excluding tert-OH is 3. The van der Waals surface area contributed by atoms with Crippen LogP contribution < -0.4 is 14.8 Å². The summed E-state index contributed by atoms with van der Waals surface area (Å²) in [7, 11) is 1.49. The lowest BCUT2D eigenvalue weighted by Crippen LogP contribution is -2.58. The van der Waals surface area contributed by atoms with Gasteiger partial charge in [-0.25, -0.2) is 0 Å². The van der Waals surface area contributed by atoms with Gasteiger partial charge in [-0.15, -0.1) is 0 Å². The van der Waals surface area contributed by atoms with E-state index in [-0.39, 0.29) is 38.3 Å². The van der Waals surface area contributed by atoms with E-state index in [0.29, 0.717) is 34.8 Å². The Bertz CT molecular complexity index is 990. The van der Waals surface area contributed by atoms with E-state index in [4.69, 9.17) is 14.2 Å². The summed E-state index contributed by atoms with van der Waals surface area (Å²) in [4.78, 5) is 28.3. The van der Waals surface area contributed by atoms with Crippen LogP contribution in [0.3, 0.4) is 0 Å². The highest BCUT2D eigenvalue weighted by Gasteiger charge is 2.52. The van der Waals surface area contributed by atoms with Crippen LogP contribution in [0.25, 0.3) is 0 Å². The number of aliphatic hydroxyl groups is 3. The van der Waals surface area contributed by atoms with Crippen LogP contribution in [0.5, 0.6) is 11.5 Å². The molecule has 198 valence electrons. The van der Waals surface area contributed by atoms with Crippen molar-refractivity contribution in [1.29, 1.82) is 0 Å². The van der Waals surface area contributed by atoms with Gasteiger partial charge < -0.3 is 39.7 Å². The van der Waals surface area contributed by atoms with Crippen molar-refractivity contribution in [1.82, 2.24) is 10.2 Å². The Morgan fingerprint density at radius 3 is 2.61 bits per heavy atom.